The summed E-state index contributed by atoms with van der Waals surface area (Å²) in [5.74, 6) is 1.23. The second-order valence-corrected chi connectivity index (χ2v) is 9.56. The molecule has 0 spiro atoms. The monoisotopic (exact) mass is 455 g/mol. The van der Waals surface area contributed by atoms with Gasteiger partial charge in [0.05, 0.1) is 6.61 Å². The third-order valence-corrected chi connectivity index (χ3v) is 6.89. The lowest BCUT2D eigenvalue weighted by Crippen LogP contribution is -2.49. The van der Waals surface area contributed by atoms with Gasteiger partial charge in [-0.05, 0) is 62.2 Å². The molecule has 32 heavy (non-hydrogen) atoms. The number of halogens is 1. The fourth-order valence-corrected chi connectivity index (χ4v) is 4.75. The van der Waals surface area contributed by atoms with Crippen molar-refractivity contribution in [1.29, 1.82) is 0 Å². The maximum atomic E-state index is 12.6. The average Bonchev–Trinajstić information content (AvgIpc) is 3.19. The van der Waals surface area contributed by atoms with Crippen LogP contribution in [0, 0.1) is 0 Å². The minimum atomic E-state index is 0.163. The fourth-order valence-electron chi connectivity index (χ4n) is 4.62. The van der Waals surface area contributed by atoms with Gasteiger partial charge in [0.2, 0.25) is 5.91 Å². The van der Waals surface area contributed by atoms with E-state index in [1.165, 1.54) is 0 Å². The van der Waals surface area contributed by atoms with Crippen LogP contribution in [0.15, 0.2) is 48.5 Å². The lowest BCUT2D eigenvalue weighted by atomic mass is 9.98. The number of carbonyl (C=O) groups excluding carboxylic acids is 1. The Morgan fingerprint density at radius 2 is 1.69 bits per heavy atom. The van der Waals surface area contributed by atoms with Gasteiger partial charge in [0.1, 0.15) is 5.75 Å². The summed E-state index contributed by atoms with van der Waals surface area (Å²) >= 11 is 5.99. The van der Waals surface area contributed by atoms with Gasteiger partial charge >= 0.3 is 0 Å². The summed E-state index contributed by atoms with van der Waals surface area (Å²) in [7, 11) is 0. The Bertz CT molecular complexity index is 877. The van der Waals surface area contributed by atoms with Gasteiger partial charge in [-0.2, -0.15) is 0 Å². The summed E-state index contributed by atoms with van der Waals surface area (Å²) in [5.41, 5.74) is 2.10. The van der Waals surface area contributed by atoms with E-state index in [0.29, 0.717) is 25.6 Å². The number of carbonyl (C=O) groups is 1. The molecule has 4 rings (SSSR count). The summed E-state index contributed by atoms with van der Waals surface area (Å²) in [6, 6.07) is 16.4. The molecular formula is C26H34ClN3O2. The molecule has 0 radical (unpaired) electrons. The van der Waals surface area contributed by atoms with Crippen LogP contribution < -0.4 is 9.64 Å². The van der Waals surface area contributed by atoms with Gasteiger partial charge in [0.15, 0.2) is 0 Å². The molecule has 2 heterocycles. The molecule has 1 amide bonds. The first-order valence-corrected chi connectivity index (χ1v) is 12.1. The molecule has 2 aromatic rings. The number of rotatable bonds is 8. The van der Waals surface area contributed by atoms with E-state index in [4.69, 9.17) is 16.3 Å². The van der Waals surface area contributed by atoms with E-state index < -0.39 is 0 Å². The molecule has 5 nitrogen and oxygen atoms in total. The summed E-state index contributed by atoms with van der Waals surface area (Å²) in [5, 5.41) is 0.721. The minimum Gasteiger partial charge on any atom is -0.494 e. The van der Waals surface area contributed by atoms with Crippen LogP contribution in [0.25, 0.3) is 0 Å². The smallest absolute Gasteiger partial charge is 0.227 e. The molecule has 0 N–H and O–H groups in total. The van der Waals surface area contributed by atoms with Gasteiger partial charge in [-0.25, -0.2) is 0 Å². The van der Waals surface area contributed by atoms with Gasteiger partial charge in [-0.1, -0.05) is 23.7 Å². The molecule has 0 aromatic heterocycles. The lowest BCUT2D eigenvalue weighted by Gasteiger charge is -2.36. The zero-order chi connectivity index (χ0) is 22.5. The number of hydrogen-bond acceptors (Lipinski definition) is 4. The molecule has 0 aliphatic carbocycles. The van der Waals surface area contributed by atoms with Crippen LogP contribution in [0.3, 0.4) is 0 Å². The first-order valence-electron chi connectivity index (χ1n) is 11.7. The maximum Gasteiger partial charge on any atom is 0.227 e. The highest BCUT2D eigenvalue weighted by atomic mass is 35.5. The Morgan fingerprint density at radius 1 is 1.00 bits per heavy atom. The molecule has 6 heteroatoms. The van der Waals surface area contributed by atoms with E-state index in [1.54, 1.807) is 0 Å². The van der Waals surface area contributed by atoms with Gasteiger partial charge in [0, 0.05) is 68.4 Å². The zero-order valence-electron chi connectivity index (χ0n) is 19.2. The van der Waals surface area contributed by atoms with Crippen LogP contribution in [0.4, 0.5) is 5.69 Å². The van der Waals surface area contributed by atoms with Gasteiger partial charge < -0.3 is 14.5 Å². The summed E-state index contributed by atoms with van der Waals surface area (Å²) < 4.78 is 5.95. The van der Waals surface area contributed by atoms with Crippen LogP contribution in [-0.4, -0.2) is 67.6 Å². The van der Waals surface area contributed by atoms with Gasteiger partial charge in [0.25, 0.3) is 0 Å². The molecule has 1 unspecified atom stereocenters. The Labute approximate surface area is 196 Å². The van der Waals surface area contributed by atoms with Crippen molar-refractivity contribution in [2.24, 2.45) is 0 Å². The standard InChI is InChI=1S/C26H34ClN3O2/c1-20(2)29-15-13-28(14-16-29)12-3-17-32-25-10-8-24(9-11-25)30-19-22(18-26(30)31)21-4-6-23(27)7-5-21/h4-11,20,22H,3,12-19H2,1-2H3. The van der Waals surface area contributed by atoms with E-state index in [2.05, 4.69) is 23.6 Å². The summed E-state index contributed by atoms with van der Waals surface area (Å²) in [6.45, 7) is 11.6. The topological polar surface area (TPSA) is 36.0 Å². The first kappa shape index (κ1) is 23.1. The molecule has 2 aliphatic heterocycles. The second kappa shape index (κ2) is 10.7. The number of anilines is 1. The van der Waals surface area contributed by atoms with Crippen molar-refractivity contribution < 1.29 is 9.53 Å². The van der Waals surface area contributed by atoms with Crippen molar-refractivity contribution in [3.63, 3.8) is 0 Å². The van der Waals surface area contributed by atoms with E-state index in [9.17, 15) is 4.79 Å². The molecular weight excluding hydrogens is 422 g/mol. The van der Waals surface area contributed by atoms with Crippen LogP contribution in [0.5, 0.6) is 5.75 Å². The predicted molar refractivity (Wildman–Crippen MR) is 131 cm³/mol. The van der Waals surface area contributed by atoms with Crippen molar-refractivity contribution in [2.75, 3.05) is 50.8 Å². The van der Waals surface area contributed by atoms with Crippen molar-refractivity contribution in [1.82, 2.24) is 9.80 Å². The van der Waals surface area contributed by atoms with Crippen LogP contribution in [-0.2, 0) is 4.79 Å². The highest BCUT2D eigenvalue weighted by Crippen LogP contribution is 2.33. The Balaban J connectivity index is 1.21. The fraction of sp³-hybridized carbons (Fsp3) is 0.500. The Kier molecular flexibility index (Phi) is 7.71. The molecule has 2 aliphatic rings. The molecule has 2 aromatic carbocycles. The quantitative estimate of drug-likeness (QED) is 0.542. The molecule has 172 valence electrons. The van der Waals surface area contributed by atoms with Crippen LogP contribution in [0.2, 0.25) is 5.02 Å². The van der Waals surface area contributed by atoms with E-state index in [1.807, 2.05) is 53.4 Å². The lowest BCUT2D eigenvalue weighted by molar-refractivity contribution is -0.117. The van der Waals surface area contributed by atoms with Gasteiger partial charge in [-0.3, -0.25) is 9.69 Å². The van der Waals surface area contributed by atoms with Crippen LogP contribution in [0.1, 0.15) is 38.2 Å². The second-order valence-electron chi connectivity index (χ2n) is 9.12. The third-order valence-electron chi connectivity index (χ3n) is 6.64. The molecule has 1 atom stereocenters. The van der Waals surface area contributed by atoms with Crippen molar-refractivity contribution in [2.45, 2.75) is 38.6 Å². The number of amides is 1. The number of piperazine rings is 1. The molecule has 2 saturated heterocycles. The largest absolute Gasteiger partial charge is 0.494 e. The van der Waals surface area contributed by atoms with Gasteiger partial charge in [-0.15, -0.1) is 0 Å². The Morgan fingerprint density at radius 3 is 2.34 bits per heavy atom. The van der Waals surface area contributed by atoms with Crippen molar-refractivity contribution in [3.05, 3.63) is 59.1 Å². The summed E-state index contributed by atoms with van der Waals surface area (Å²) in [6.07, 6.45) is 1.56. The molecule has 2 fully saturated rings. The van der Waals surface area contributed by atoms with E-state index >= 15 is 0 Å². The van der Waals surface area contributed by atoms with E-state index in [-0.39, 0.29) is 11.8 Å². The average molecular weight is 456 g/mol. The number of nitrogens with zero attached hydrogens (tertiary/aromatic N) is 3. The third kappa shape index (κ3) is 5.83. The first-order chi connectivity index (χ1) is 15.5. The number of ether oxygens (including phenoxy) is 1. The Hall–Kier alpha value is -2.08. The molecule has 0 saturated carbocycles. The SMILES string of the molecule is CC(C)N1CCN(CCCOc2ccc(N3CC(c4ccc(Cl)cc4)CC3=O)cc2)CC1. The van der Waals surface area contributed by atoms with Crippen molar-refractivity contribution >= 4 is 23.2 Å². The summed E-state index contributed by atoms with van der Waals surface area (Å²) in [4.78, 5) is 19.5. The maximum absolute atomic E-state index is 12.6. The zero-order valence-corrected chi connectivity index (χ0v) is 19.9. The minimum absolute atomic E-state index is 0.163. The predicted octanol–water partition coefficient (Wildman–Crippen LogP) is 4.66. The normalized spacial score (nSPS) is 20.3. The van der Waals surface area contributed by atoms with Crippen molar-refractivity contribution in [3.8, 4) is 5.75 Å². The molecule has 0 bridgehead atoms. The van der Waals surface area contributed by atoms with E-state index in [0.717, 1.165) is 61.2 Å². The number of benzene rings is 2. The highest BCUT2D eigenvalue weighted by molar-refractivity contribution is 6.30. The highest BCUT2D eigenvalue weighted by Gasteiger charge is 2.31. The van der Waals surface area contributed by atoms with Crippen LogP contribution >= 0.6 is 11.6 Å². The number of hydrogen-bond donors (Lipinski definition) is 0.